The molecule has 2 heteroatoms. The van der Waals surface area contributed by atoms with E-state index in [0.717, 1.165) is 6.42 Å². The zero-order valence-corrected chi connectivity index (χ0v) is 14.5. The average molecular weight is 292 g/mol. The summed E-state index contributed by atoms with van der Waals surface area (Å²) in [6.07, 6.45) is 7.02. The number of unbranched alkanes of at least 4 members (excludes halogenated alkanes) is 2. The van der Waals surface area contributed by atoms with Crippen molar-refractivity contribution in [2.45, 2.75) is 68.2 Å². The highest BCUT2D eigenvalue weighted by Crippen LogP contribution is 2.19. The van der Waals surface area contributed by atoms with Crippen molar-refractivity contribution in [2.75, 3.05) is 6.67 Å². The van der Waals surface area contributed by atoms with E-state index in [4.69, 9.17) is 0 Å². The number of benzene rings is 1. The van der Waals surface area contributed by atoms with E-state index in [1.54, 1.807) is 0 Å². The second-order valence-corrected chi connectivity index (χ2v) is 9.21. The molecule has 0 aliphatic rings. The Hall–Kier alpha value is -0.318. The minimum atomic E-state index is -0.651. The first-order valence-corrected chi connectivity index (χ1v) is 10.9. The van der Waals surface area contributed by atoms with Crippen LogP contribution in [0.4, 0.5) is 4.39 Å². The average Bonchev–Trinajstić information content (AvgIpc) is 2.49. The maximum atomic E-state index is 12.4. The van der Waals surface area contributed by atoms with E-state index in [0.29, 0.717) is 6.42 Å². The molecule has 0 fully saturated rings. The lowest BCUT2D eigenvalue weighted by Crippen LogP contribution is -2.17. The summed E-state index contributed by atoms with van der Waals surface area (Å²) in [6.45, 7) is 4.39. The molecule has 0 spiro atoms. The summed E-state index contributed by atoms with van der Waals surface area (Å²) >= 11 is -0.651. The van der Waals surface area contributed by atoms with Crippen molar-refractivity contribution in [2.24, 2.45) is 0 Å². The molecule has 0 aliphatic heterocycles. The Labute approximate surface area is 129 Å². The van der Waals surface area contributed by atoms with Crippen LogP contribution in [-0.4, -0.2) is 20.8 Å². The van der Waals surface area contributed by atoms with Crippen molar-refractivity contribution in [3.8, 4) is 0 Å². The molecular weight excluding hydrogens is 262 g/mol. The number of hydrogen-bond acceptors (Lipinski definition) is 0. The number of rotatable bonds is 11. The van der Waals surface area contributed by atoms with E-state index in [-0.39, 0.29) is 6.67 Å². The highest BCUT2D eigenvalue weighted by atomic mass is 27.2. The van der Waals surface area contributed by atoms with Crippen LogP contribution in [0.3, 0.4) is 0 Å². The smallest absolute Gasteiger partial charge is 0.251 e. The van der Waals surface area contributed by atoms with Gasteiger partial charge in [0.25, 0.3) is 14.1 Å². The summed E-state index contributed by atoms with van der Waals surface area (Å²) in [4.78, 5) is 0. The Morgan fingerprint density at radius 2 is 1.50 bits per heavy atom. The van der Waals surface area contributed by atoms with Gasteiger partial charge in [-0.15, -0.1) is 0 Å². The number of aryl methyl sites for hydroxylation is 1. The molecule has 0 heterocycles. The van der Waals surface area contributed by atoms with Gasteiger partial charge in [0.1, 0.15) is 0 Å². The lowest BCUT2D eigenvalue weighted by atomic mass is 10.0. The van der Waals surface area contributed by atoms with Gasteiger partial charge in [0.15, 0.2) is 0 Å². The van der Waals surface area contributed by atoms with E-state index >= 15 is 0 Å². The highest BCUT2D eigenvalue weighted by Gasteiger charge is 2.17. The zero-order chi connectivity index (χ0) is 14.6. The molecule has 0 nitrogen and oxygen atoms in total. The van der Waals surface area contributed by atoms with E-state index in [2.05, 4.69) is 38.1 Å². The van der Waals surface area contributed by atoms with Gasteiger partial charge in [0.05, 0.1) is 6.67 Å². The minimum absolute atomic E-state index is 0.194. The first kappa shape index (κ1) is 17.7. The molecule has 0 aromatic heterocycles. The standard InChI is InChI=1S/C10H12F.2C4H9.Al/c1-9-5-2-3-6-10(9)7-4-8-11;2*1-3-4-2;/h2-3,5-6H,1,4,7-8H2;2*1,3-4H2,2H3;. The van der Waals surface area contributed by atoms with Crippen LogP contribution < -0.4 is 0 Å². The Bertz CT molecular complexity index is 343. The minimum Gasteiger partial charge on any atom is -0.251 e. The first-order chi connectivity index (χ1) is 9.81. The largest absolute Gasteiger partial charge is 0.267 e. The van der Waals surface area contributed by atoms with Crippen LogP contribution in [0, 0.1) is 0 Å². The van der Waals surface area contributed by atoms with Gasteiger partial charge in [-0.05, 0) is 18.4 Å². The Morgan fingerprint density at radius 1 is 0.900 bits per heavy atom. The summed E-state index contributed by atoms with van der Waals surface area (Å²) < 4.78 is 12.4. The van der Waals surface area contributed by atoms with Crippen molar-refractivity contribution in [3.05, 3.63) is 35.4 Å². The van der Waals surface area contributed by atoms with Crippen molar-refractivity contribution >= 4 is 14.1 Å². The Kier molecular flexibility index (Phi) is 10.1. The van der Waals surface area contributed by atoms with Crippen LogP contribution >= 0.6 is 0 Å². The molecule has 0 aliphatic carbocycles. The molecule has 112 valence electrons. The number of alkyl halides is 1. The molecule has 1 rings (SSSR count). The lowest BCUT2D eigenvalue weighted by Gasteiger charge is -2.14. The molecule has 20 heavy (non-hydrogen) atoms. The van der Waals surface area contributed by atoms with E-state index in [1.165, 1.54) is 52.7 Å². The highest BCUT2D eigenvalue weighted by molar-refractivity contribution is 6.58. The molecule has 0 saturated carbocycles. The number of hydrogen-bond donors (Lipinski definition) is 0. The molecule has 0 N–H and O–H groups in total. The van der Waals surface area contributed by atoms with Crippen LogP contribution in [-0.2, 0) is 11.7 Å². The van der Waals surface area contributed by atoms with Gasteiger partial charge in [-0.2, -0.15) is 0 Å². The number of halogens is 1. The maximum absolute atomic E-state index is 12.4. The molecular formula is C18H30AlF. The molecule has 0 radical (unpaired) electrons. The lowest BCUT2D eigenvalue weighted by molar-refractivity contribution is 0.472. The molecule has 0 saturated heterocycles. The second kappa shape index (κ2) is 11.4. The zero-order valence-electron chi connectivity index (χ0n) is 13.3. The molecule has 0 bridgehead atoms. The quantitative estimate of drug-likeness (QED) is 0.454. The fourth-order valence-electron chi connectivity index (χ4n) is 2.90. The summed E-state index contributed by atoms with van der Waals surface area (Å²) in [5.41, 5.74) is 2.92. The summed E-state index contributed by atoms with van der Waals surface area (Å²) in [5.74, 6) is 0. The molecule has 1 aromatic carbocycles. The predicted molar refractivity (Wildman–Crippen MR) is 89.6 cm³/mol. The van der Waals surface area contributed by atoms with Crippen molar-refractivity contribution in [3.63, 3.8) is 0 Å². The normalized spacial score (nSPS) is 10.8. The van der Waals surface area contributed by atoms with Crippen molar-refractivity contribution in [1.82, 2.24) is 0 Å². The second-order valence-electron chi connectivity index (χ2n) is 5.92. The van der Waals surface area contributed by atoms with Gasteiger partial charge in [-0.25, -0.2) is 0 Å². The van der Waals surface area contributed by atoms with E-state index < -0.39 is 14.1 Å². The predicted octanol–water partition coefficient (Wildman–Crippen LogP) is 5.77. The van der Waals surface area contributed by atoms with Gasteiger partial charge in [-0.1, -0.05) is 85.2 Å². The van der Waals surface area contributed by atoms with Gasteiger partial charge >= 0.3 is 0 Å². The third-order valence-corrected chi connectivity index (χ3v) is 7.61. The molecule has 0 atom stereocenters. The molecule has 1 aromatic rings. The van der Waals surface area contributed by atoms with Gasteiger partial charge in [0, 0.05) is 0 Å². The van der Waals surface area contributed by atoms with Crippen LogP contribution in [0.5, 0.6) is 0 Å². The maximum Gasteiger partial charge on any atom is 0.267 e. The Morgan fingerprint density at radius 3 is 2.05 bits per heavy atom. The molecule has 0 amide bonds. The monoisotopic (exact) mass is 292 g/mol. The van der Waals surface area contributed by atoms with Crippen LogP contribution in [0.1, 0.15) is 57.1 Å². The van der Waals surface area contributed by atoms with Gasteiger partial charge in [0.2, 0.25) is 0 Å². The summed E-state index contributed by atoms with van der Waals surface area (Å²) in [7, 11) is 0. The van der Waals surface area contributed by atoms with Crippen LogP contribution in [0.2, 0.25) is 10.6 Å². The molecule has 0 unspecified atom stereocenters. The Balaban J connectivity index is 2.65. The van der Waals surface area contributed by atoms with E-state index in [9.17, 15) is 4.39 Å². The third kappa shape index (κ3) is 6.91. The topological polar surface area (TPSA) is 0 Å². The van der Waals surface area contributed by atoms with E-state index in [1.807, 2.05) is 0 Å². The van der Waals surface area contributed by atoms with Crippen LogP contribution in [0.15, 0.2) is 24.3 Å². The van der Waals surface area contributed by atoms with Gasteiger partial charge < -0.3 is 0 Å². The fraction of sp³-hybridized carbons (Fsp3) is 0.667. The third-order valence-electron chi connectivity index (χ3n) is 4.14. The van der Waals surface area contributed by atoms with Crippen molar-refractivity contribution < 1.29 is 4.39 Å². The summed E-state index contributed by atoms with van der Waals surface area (Å²) in [5, 5.41) is 4.28. The fourth-order valence-corrected chi connectivity index (χ4v) is 6.59. The SMILES string of the molecule is CCC[CH2][Al]([CH2]CCC)[CH2]c1ccccc1CCCF. The first-order valence-electron chi connectivity index (χ1n) is 8.44. The van der Waals surface area contributed by atoms with Crippen LogP contribution in [0.25, 0.3) is 0 Å². The van der Waals surface area contributed by atoms with Crippen molar-refractivity contribution in [1.29, 1.82) is 0 Å². The van der Waals surface area contributed by atoms with Gasteiger partial charge in [-0.3, -0.25) is 4.39 Å². The summed E-state index contributed by atoms with van der Waals surface area (Å²) in [6, 6.07) is 8.74.